The Labute approximate surface area is 59.6 Å². The Morgan fingerprint density at radius 3 is 2.60 bits per heavy atom. The molecule has 60 valence electrons. The van der Waals surface area contributed by atoms with Crippen LogP contribution in [0, 0.1) is 0 Å². The summed E-state index contributed by atoms with van der Waals surface area (Å²) in [5, 5.41) is 18.3. The van der Waals surface area contributed by atoms with Crippen molar-refractivity contribution in [2.45, 2.75) is 31.3 Å². The van der Waals surface area contributed by atoms with Crippen LogP contribution in [0.4, 0.5) is 0 Å². The van der Waals surface area contributed by atoms with E-state index < -0.39 is 18.2 Å². The van der Waals surface area contributed by atoms with E-state index in [0.29, 0.717) is 0 Å². The minimum absolute atomic E-state index is 0.222. The van der Waals surface area contributed by atoms with Crippen LogP contribution in [0.1, 0.15) is 6.92 Å². The zero-order valence-electron chi connectivity index (χ0n) is 5.90. The molecular weight excluding hydrogens is 134 g/mol. The molecule has 1 rings (SSSR count). The number of aliphatic hydroxyl groups is 2. The summed E-state index contributed by atoms with van der Waals surface area (Å²) < 4.78 is 4.99. The molecule has 1 fully saturated rings. The zero-order valence-corrected chi connectivity index (χ0v) is 5.90. The average Bonchev–Trinajstić information content (AvgIpc) is 1.93. The number of rotatable bonds is 0. The summed E-state index contributed by atoms with van der Waals surface area (Å²) in [4.78, 5) is 0. The van der Waals surface area contributed by atoms with Gasteiger partial charge in [-0.2, -0.15) is 0 Å². The van der Waals surface area contributed by atoms with E-state index in [1.165, 1.54) is 0 Å². The minimum Gasteiger partial charge on any atom is -0.389 e. The molecule has 0 unspecified atom stereocenters. The van der Waals surface area contributed by atoms with Gasteiger partial charge in [0.2, 0.25) is 0 Å². The lowest BCUT2D eigenvalue weighted by Gasteiger charge is -2.34. The second-order valence-corrected chi connectivity index (χ2v) is 2.67. The molecule has 10 heavy (non-hydrogen) atoms. The lowest BCUT2D eigenvalue weighted by atomic mass is 9.99. The van der Waals surface area contributed by atoms with Crippen molar-refractivity contribution in [1.29, 1.82) is 0 Å². The van der Waals surface area contributed by atoms with Gasteiger partial charge in [-0.25, -0.2) is 0 Å². The van der Waals surface area contributed by atoms with Crippen molar-refractivity contribution in [2.75, 3.05) is 6.61 Å². The van der Waals surface area contributed by atoms with Gasteiger partial charge in [0.05, 0.1) is 31.0 Å². The number of ether oxygens (including phenoxy) is 1. The molecule has 0 saturated carbocycles. The zero-order chi connectivity index (χ0) is 7.72. The van der Waals surface area contributed by atoms with Crippen LogP contribution in [0.15, 0.2) is 0 Å². The minimum atomic E-state index is -0.747. The van der Waals surface area contributed by atoms with Crippen LogP contribution in [0.5, 0.6) is 0 Å². The van der Waals surface area contributed by atoms with Gasteiger partial charge in [-0.3, -0.25) is 0 Å². The fourth-order valence-corrected chi connectivity index (χ4v) is 1.00. The molecule has 1 aliphatic rings. The van der Waals surface area contributed by atoms with E-state index in [-0.39, 0.29) is 12.7 Å². The summed E-state index contributed by atoms with van der Waals surface area (Å²) >= 11 is 0. The monoisotopic (exact) mass is 147 g/mol. The molecule has 4 heteroatoms. The molecule has 0 radical (unpaired) electrons. The molecule has 0 aromatic heterocycles. The number of hydrogen-bond acceptors (Lipinski definition) is 4. The Hall–Kier alpha value is -0.160. The van der Waals surface area contributed by atoms with Crippen molar-refractivity contribution < 1.29 is 14.9 Å². The third-order valence-corrected chi connectivity index (χ3v) is 1.85. The van der Waals surface area contributed by atoms with Gasteiger partial charge in [-0.1, -0.05) is 0 Å². The Morgan fingerprint density at radius 2 is 2.10 bits per heavy atom. The summed E-state index contributed by atoms with van der Waals surface area (Å²) in [5.74, 6) is 0. The van der Waals surface area contributed by atoms with Gasteiger partial charge >= 0.3 is 0 Å². The van der Waals surface area contributed by atoms with Crippen molar-refractivity contribution in [2.24, 2.45) is 5.73 Å². The van der Waals surface area contributed by atoms with Gasteiger partial charge in [0.15, 0.2) is 0 Å². The molecule has 4 atom stereocenters. The van der Waals surface area contributed by atoms with Crippen LogP contribution in [-0.2, 0) is 4.74 Å². The highest BCUT2D eigenvalue weighted by Crippen LogP contribution is 2.12. The molecule has 0 bridgehead atoms. The lowest BCUT2D eigenvalue weighted by Crippen LogP contribution is -2.56. The second kappa shape index (κ2) is 2.84. The van der Waals surface area contributed by atoms with Crippen molar-refractivity contribution in [3.05, 3.63) is 0 Å². The van der Waals surface area contributed by atoms with Crippen molar-refractivity contribution in [3.63, 3.8) is 0 Å². The molecule has 1 aliphatic heterocycles. The summed E-state index contributed by atoms with van der Waals surface area (Å²) in [6, 6.07) is -0.566. The molecular formula is C6H13NO3. The molecule has 0 aromatic carbocycles. The van der Waals surface area contributed by atoms with Gasteiger partial charge in [-0.05, 0) is 6.92 Å². The number of aliphatic hydroxyl groups excluding tert-OH is 2. The van der Waals surface area contributed by atoms with Crippen LogP contribution in [0.3, 0.4) is 0 Å². The predicted octanol–water partition coefficient (Wildman–Crippen LogP) is -1.55. The first-order valence-electron chi connectivity index (χ1n) is 3.36. The van der Waals surface area contributed by atoms with Crippen LogP contribution < -0.4 is 5.73 Å². The number of nitrogens with two attached hydrogens (primary N) is 1. The molecule has 0 spiro atoms. The molecule has 0 aliphatic carbocycles. The third-order valence-electron chi connectivity index (χ3n) is 1.85. The van der Waals surface area contributed by atoms with E-state index in [9.17, 15) is 5.11 Å². The smallest absolute Gasteiger partial charge is 0.0975 e. The van der Waals surface area contributed by atoms with E-state index in [0.717, 1.165) is 0 Å². The summed E-state index contributed by atoms with van der Waals surface area (Å²) in [6.07, 6.45) is -1.74. The third kappa shape index (κ3) is 1.29. The predicted molar refractivity (Wildman–Crippen MR) is 35.4 cm³/mol. The average molecular weight is 147 g/mol. The van der Waals surface area contributed by atoms with Crippen LogP contribution in [0.2, 0.25) is 0 Å². The first-order valence-corrected chi connectivity index (χ1v) is 3.36. The maximum atomic E-state index is 9.21. The Morgan fingerprint density at radius 1 is 1.50 bits per heavy atom. The summed E-state index contributed by atoms with van der Waals surface area (Å²) in [7, 11) is 0. The molecule has 1 heterocycles. The van der Waals surface area contributed by atoms with Crippen molar-refractivity contribution >= 4 is 0 Å². The van der Waals surface area contributed by atoms with Gasteiger partial charge < -0.3 is 20.7 Å². The first-order chi connectivity index (χ1) is 4.63. The van der Waals surface area contributed by atoms with E-state index in [4.69, 9.17) is 15.6 Å². The van der Waals surface area contributed by atoms with Gasteiger partial charge in [-0.15, -0.1) is 0 Å². The maximum Gasteiger partial charge on any atom is 0.0975 e. The molecule has 4 N–H and O–H groups in total. The fourth-order valence-electron chi connectivity index (χ4n) is 1.00. The molecule has 4 nitrogen and oxygen atoms in total. The van der Waals surface area contributed by atoms with Crippen LogP contribution in [0.25, 0.3) is 0 Å². The SMILES string of the molecule is C[C@@H]1OC[C@@H](O)[C@H](N)[C@H]1O. The van der Waals surface area contributed by atoms with Crippen LogP contribution in [-0.4, -0.2) is 41.2 Å². The first kappa shape index (κ1) is 7.94. The highest BCUT2D eigenvalue weighted by molar-refractivity contribution is 4.87. The maximum absolute atomic E-state index is 9.21. The van der Waals surface area contributed by atoms with Crippen molar-refractivity contribution in [3.8, 4) is 0 Å². The van der Waals surface area contributed by atoms with E-state index in [1.807, 2.05) is 0 Å². The largest absolute Gasteiger partial charge is 0.389 e. The molecule has 0 amide bonds. The lowest BCUT2D eigenvalue weighted by molar-refractivity contribution is -0.127. The topological polar surface area (TPSA) is 75.7 Å². The summed E-state index contributed by atoms with van der Waals surface area (Å²) in [5.41, 5.74) is 5.43. The Kier molecular flexibility index (Phi) is 2.25. The van der Waals surface area contributed by atoms with E-state index >= 15 is 0 Å². The van der Waals surface area contributed by atoms with E-state index in [1.54, 1.807) is 6.92 Å². The summed E-state index contributed by atoms with van der Waals surface area (Å²) in [6.45, 7) is 1.95. The Bertz CT molecular complexity index is 106. The van der Waals surface area contributed by atoms with Crippen LogP contribution >= 0.6 is 0 Å². The van der Waals surface area contributed by atoms with Gasteiger partial charge in [0, 0.05) is 0 Å². The van der Waals surface area contributed by atoms with Gasteiger partial charge in [0.1, 0.15) is 0 Å². The van der Waals surface area contributed by atoms with E-state index in [2.05, 4.69) is 0 Å². The Balaban J connectivity index is 2.52. The molecule has 0 aromatic rings. The normalized spacial score (nSPS) is 49.2. The van der Waals surface area contributed by atoms with Gasteiger partial charge in [0.25, 0.3) is 0 Å². The molecule has 1 saturated heterocycles. The highest BCUT2D eigenvalue weighted by Gasteiger charge is 2.33. The highest BCUT2D eigenvalue weighted by atomic mass is 16.5. The second-order valence-electron chi connectivity index (χ2n) is 2.67. The standard InChI is InChI=1S/C6H13NO3/c1-3-6(9)5(7)4(8)2-10-3/h3-6,8-9H,2,7H2,1H3/t3-,4+,5-,6-/m0/s1. The van der Waals surface area contributed by atoms with Crippen molar-refractivity contribution in [1.82, 2.24) is 0 Å². The quantitative estimate of drug-likeness (QED) is 0.388. The number of hydrogen-bond donors (Lipinski definition) is 3. The fraction of sp³-hybridized carbons (Fsp3) is 1.00.